The monoisotopic (exact) mass is 551 g/mol. The Hall–Kier alpha value is -3.90. The molecule has 0 N–H and O–H groups in total. The molecule has 0 unspecified atom stereocenters. The van der Waals surface area contributed by atoms with Gasteiger partial charge in [0, 0.05) is 60.5 Å². The van der Waals surface area contributed by atoms with E-state index in [0.29, 0.717) is 44.1 Å². The Kier molecular flexibility index (Phi) is 7.67. The first-order valence-electron chi connectivity index (χ1n) is 14.6. The molecule has 212 valence electrons. The maximum absolute atomic E-state index is 13.5. The fraction of sp³-hybridized carbons (Fsp3) is 0.371. The predicted octanol–water partition coefficient (Wildman–Crippen LogP) is 6.80. The zero-order chi connectivity index (χ0) is 28.5. The van der Waals surface area contributed by atoms with Gasteiger partial charge in [0.05, 0.1) is 13.7 Å². The second-order valence-corrected chi connectivity index (χ2v) is 11.1. The molecule has 3 aromatic carbocycles. The van der Waals surface area contributed by atoms with Gasteiger partial charge in [-0.25, -0.2) is 0 Å². The number of ether oxygens (including phenoxy) is 3. The molecule has 3 aromatic rings. The van der Waals surface area contributed by atoms with E-state index in [4.69, 9.17) is 14.2 Å². The van der Waals surface area contributed by atoms with Crippen molar-refractivity contribution in [3.63, 3.8) is 0 Å². The summed E-state index contributed by atoms with van der Waals surface area (Å²) in [4.78, 5) is 29.3. The molecule has 2 aliphatic carbocycles. The van der Waals surface area contributed by atoms with Crippen molar-refractivity contribution in [2.24, 2.45) is 0 Å². The minimum absolute atomic E-state index is 0.134. The van der Waals surface area contributed by atoms with Gasteiger partial charge >= 0.3 is 0 Å². The lowest BCUT2D eigenvalue weighted by Crippen LogP contribution is -2.40. The van der Waals surface area contributed by atoms with Crippen molar-refractivity contribution < 1.29 is 23.8 Å². The van der Waals surface area contributed by atoms with Gasteiger partial charge in [0.15, 0.2) is 23.1 Å². The van der Waals surface area contributed by atoms with Crippen LogP contribution in [0.15, 0.2) is 77.1 Å². The third kappa shape index (κ3) is 4.95. The molecule has 6 nitrogen and oxygen atoms in total. The molecule has 41 heavy (non-hydrogen) atoms. The number of benzene rings is 3. The number of hydrogen-bond donors (Lipinski definition) is 0. The number of carbonyl (C=O) groups excluding carboxylic acids is 2. The number of ketones is 2. The Morgan fingerprint density at radius 3 is 2.22 bits per heavy atom. The second kappa shape index (κ2) is 11.5. The van der Waals surface area contributed by atoms with Crippen molar-refractivity contribution in [1.29, 1.82) is 0 Å². The summed E-state index contributed by atoms with van der Waals surface area (Å²) in [6.07, 6.45) is 4.33. The van der Waals surface area contributed by atoms with Gasteiger partial charge in [-0.1, -0.05) is 42.5 Å². The van der Waals surface area contributed by atoms with Crippen LogP contribution in [-0.4, -0.2) is 43.8 Å². The molecule has 1 aliphatic heterocycles. The topological polar surface area (TPSA) is 65.1 Å². The molecule has 6 heteroatoms. The van der Waals surface area contributed by atoms with Gasteiger partial charge in [-0.15, -0.1) is 0 Å². The normalized spacial score (nSPS) is 17.7. The number of rotatable bonds is 8. The van der Waals surface area contributed by atoms with E-state index in [2.05, 4.69) is 36.1 Å². The van der Waals surface area contributed by atoms with Crippen molar-refractivity contribution in [3.05, 3.63) is 93.8 Å². The molecular formula is C35H37NO5. The highest BCUT2D eigenvalue weighted by molar-refractivity contribution is 6.06. The number of nitrogens with zero attached hydrogens (tertiary/aromatic N) is 1. The average Bonchev–Trinajstić information content (AvgIpc) is 2.99. The first kappa shape index (κ1) is 27.3. The van der Waals surface area contributed by atoms with Crippen LogP contribution < -0.4 is 9.47 Å². The Labute approximate surface area is 241 Å². The van der Waals surface area contributed by atoms with Crippen molar-refractivity contribution >= 4 is 22.3 Å². The number of methoxy groups -OCH3 is 2. The smallest absolute Gasteiger partial charge is 0.161 e. The Morgan fingerprint density at radius 1 is 0.829 bits per heavy atom. The van der Waals surface area contributed by atoms with Gasteiger partial charge in [0.25, 0.3) is 0 Å². The fourth-order valence-corrected chi connectivity index (χ4v) is 6.77. The van der Waals surface area contributed by atoms with Crippen LogP contribution in [0.4, 0.5) is 0 Å². The molecule has 0 saturated heterocycles. The summed E-state index contributed by atoms with van der Waals surface area (Å²) in [5, 5.41) is 2.35. The van der Waals surface area contributed by atoms with Crippen LogP contribution in [0, 0.1) is 6.92 Å². The van der Waals surface area contributed by atoms with Crippen LogP contribution in [-0.2, 0) is 20.9 Å². The third-order valence-electron chi connectivity index (χ3n) is 8.77. The Morgan fingerprint density at radius 2 is 1.54 bits per heavy atom. The molecule has 0 atom stereocenters. The highest BCUT2D eigenvalue weighted by Gasteiger charge is 2.43. The zero-order valence-electron chi connectivity index (χ0n) is 24.1. The van der Waals surface area contributed by atoms with Gasteiger partial charge in [-0.3, -0.25) is 9.59 Å². The number of carbonyl (C=O) groups is 2. The number of hydrogen-bond acceptors (Lipinski definition) is 6. The van der Waals surface area contributed by atoms with E-state index in [9.17, 15) is 9.59 Å². The largest absolute Gasteiger partial charge is 0.493 e. The summed E-state index contributed by atoms with van der Waals surface area (Å²) in [7, 11) is 3.32. The van der Waals surface area contributed by atoms with Crippen molar-refractivity contribution in [2.75, 3.05) is 27.4 Å². The quantitative estimate of drug-likeness (QED) is 0.307. The molecule has 1 heterocycles. The summed E-state index contributed by atoms with van der Waals surface area (Å²) in [6, 6.07) is 18.5. The molecule has 6 rings (SSSR count). The first-order chi connectivity index (χ1) is 20.0. The standard InChI is InChI=1S/C35H37NO5/c1-22-14-15-23-8-4-5-9-25(23)26(22)21-41-31-17-16-24(20-32(31)40-3)33-34-27(10-6-12-29(34)37)36(18-19-39-2)28-11-7-13-30(38)35(28)33/h4-5,8-9,14-17,20,33H,6-7,10-13,18-19,21H2,1-3H3. The van der Waals surface area contributed by atoms with E-state index in [0.717, 1.165) is 59.4 Å². The highest BCUT2D eigenvalue weighted by atomic mass is 16.5. The summed E-state index contributed by atoms with van der Waals surface area (Å²) in [5.74, 6) is 1.11. The summed E-state index contributed by atoms with van der Waals surface area (Å²) in [5.41, 5.74) is 6.86. The third-order valence-corrected chi connectivity index (χ3v) is 8.77. The summed E-state index contributed by atoms with van der Waals surface area (Å²) >= 11 is 0. The van der Waals surface area contributed by atoms with Gasteiger partial charge < -0.3 is 19.1 Å². The lowest BCUT2D eigenvalue weighted by molar-refractivity contribution is -0.117. The van der Waals surface area contributed by atoms with Crippen LogP contribution >= 0.6 is 0 Å². The molecule has 3 aliphatic rings. The number of Topliss-reactive ketones (excluding diaryl/α,β-unsaturated/α-hetero) is 2. The maximum Gasteiger partial charge on any atom is 0.161 e. The zero-order valence-corrected chi connectivity index (χ0v) is 24.1. The van der Waals surface area contributed by atoms with Crippen LogP contribution in [0.1, 0.15) is 61.1 Å². The summed E-state index contributed by atoms with van der Waals surface area (Å²) in [6.45, 7) is 3.69. The molecule has 0 spiro atoms. The lowest BCUT2D eigenvalue weighted by Gasteiger charge is -2.44. The average molecular weight is 552 g/mol. The van der Waals surface area contributed by atoms with E-state index in [1.807, 2.05) is 30.3 Å². The minimum Gasteiger partial charge on any atom is -0.493 e. The van der Waals surface area contributed by atoms with Crippen molar-refractivity contribution in [1.82, 2.24) is 4.90 Å². The van der Waals surface area contributed by atoms with Crippen LogP contribution in [0.5, 0.6) is 11.5 Å². The molecule has 0 radical (unpaired) electrons. The van der Waals surface area contributed by atoms with Crippen LogP contribution in [0.2, 0.25) is 0 Å². The number of aryl methyl sites for hydroxylation is 1. The number of allylic oxidation sites excluding steroid dienone is 4. The van der Waals surface area contributed by atoms with E-state index < -0.39 is 0 Å². The van der Waals surface area contributed by atoms with Crippen molar-refractivity contribution in [3.8, 4) is 11.5 Å². The second-order valence-electron chi connectivity index (χ2n) is 11.1. The van der Waals surface area contributed by atoms with E-state index in [1.165, 1.54) is 16.3 Å². The van der Waals surface area contributed by atoms with Gasteiger partial charge in [-0.05, 0) is 66.6 Å². The fourth-order valence-electron chi connectivity index (χ4n) is 6.77. The van der Waals surface area contributed by atoms with Crippen LogP contribution in [0.25, 0.3) is 10.8 Å². The molecule has 0 bridgehead atoms. The molecule has 0 saturated carbocycles. The van der Waals surface area contributed by atoms with Crippen LogP contribution in [0.3, 0.4) is 0 Å². The highest BCUT2D eigenvalue weighted by Crippen LogP contribution is 2.50. The molecule has 0 aromatic heterocycles. The Bertz CT molecular complexity index is 1540. The van der Waals surface area contributed by atoms with Gasteiger partial charge in [-0.2, -0.15) is 0 Å². The number of fused-ring (bicyclic) bond motifs is 1. The van der Waals surface area contributed by atoms with E-state index in [1.54, 1.807) is 14.2 Å². The first-order valence-corrected chi connectivity index (χ1v) is 14.6. The van der Waals surface area contributed by atoms with Gasteiger partial charge in [0.1, 0.15) is 6.61 Å². The maximum atomic E-state index is 13.5. The van der Waals surface area contributed by atoms with E-state index >= 15 is 0 Å². The van der Waals surface area contributed by atoms with E-state index in [-0.39, 0.29) is 17.5 Å². The molecular weight excluding hydrogens is 514 g/mol. The molecule has 0 amide bonds. The molecule has 0 fully saturated rings. The lowest BCUT2D eigenvalue weighted by atomic mass is 9.71. The van der Waals surface area contributed by atoms with Gasteiger partial charge in [0.2, 0.25) is 0 Å². The van der Waals surface area contributed by atoms with Crippen molar-refractivity contribution in [2.45, 2.75) is 58.0 Å². The minimum atomic E-state index is -0.386. The predicted molar refractivity (Wildman–Crippen MR) is 159 cm³/mol. The Balaban J connectivity index is 1.39. The summed E-state index contributed by atoms with van der Waals surface area (Å²) < 4.78 is 17.6. The SMILES string of the molecule is COCCN1C2=C(C(=O)CCC2)C(c2ccc(OCc3c(C)ccc4ccccc34)c(OC)c2)C2=C1CCCC2=O.